The van der Waals surface area contributed by atoms with E-state index in [1.165, 1.54) is 0 Å². The molecule has 4 nitrogen and oxygen atoms in total. The van der Waals surface area contributed by atoms with Gasteiger partial charge in [0.2, 0.25) is 0 Å². The van der Waals surface area contributed by atoms with Gasteiger partial charge in [0.25, 0.3) is 0 Å². The largest absolute Gasteiger partial charge is 0.490 e. The first kappa shape index (κ1) is 16.6. The Balaban J connectivity index is 0.000000270. The van der Waals surface area contributed by atoms with Crippen molar-refractivity contribution < 1.29 is 23.1 Å². The number of halogens is 3. The third-order valence-electron chi connectivity index (χ3n) is 2.42. The van der Waals surface area contributed by atoms with Gasteiger partial charge in [-0.05, 0) is 17.7 Å². The Morgan fingerprint density at radius 1 is 1.14 bits per heavy atom. The van der Waals surface area contributed by atoms with Crippen LogP contribution in [-0.4, -0.2) is 22.2 Å². The van der Waals surface area contributed by atoms with Crippen molar-refractivity contribution in [1.82, 2.24) is 4.98 Å². The number of carbonyl (C=O) groups is 1. The van der Waals surface area contributed by atoms with Crippen LogP contribution < -0.4 is 5.73 Å². The van der Waals surface area contributed by atoms with Gasteiger partial charge in [-0.2, -0.15) is 13.2 Å². The molecule has 1 aromatic carbocycles. The smallest absolute Gasteiger partial charge is 0.475 e. The molecule has 1 aromatic heterocycles. The van der Waals surface area contributed by atoms with Gasteiger partial charge in [0.1, 0.15) is 0 Å². The normalized spacial score (nSPS) is 10.5. The molecule has 7 heteroatoms. The van der Waals surface area contributed by atoms with E-state index in [0.717, 1.165) is 16.8 Å². The average Bonchev–Trinajstić information content (AvgIpc) is 2.48. The van der Waals surface area contributed by atoms with E-state index >= 15 is 0 Å². The summed E-state index contributed by atoms with van der Waals surface area (Å²) < 4.78 is 31.7. The fraction of sp³-hybridized carbons (Fsp3) is 0.143. The van der Waals surface area contributed by atoms with Crippen molar-refractivity contribution >= 4 is 5.97 Å². The standard InChI is InChI=1S/C12H12N2.C2HF3O2/c13-9-10-5-1-2-6-11(10)12-7-3-4-8-14-12;3-2(4,5)1(6)7/h1-8H,9,13H2;(H,6,7). The van der Waals surface area contributed by atoms with Crippen LogP contribution in [0.2, 0.25) is 0 Å². The fourth-order valence-electron chi connectivity index (χ4n) is 1.47. The van der Waals surface area contributed by atoms with Gasteiger partial charge in [0.05, 0.1) is 5.69 Å². The predicted molar refractivity (Wildman–Crippen MR) is 71.3 cm³/mol. The average molecular weight is 298 g/mol. The van der Waals surface area contributed by atoms with E-state index in [9.17, 15) is 13.2 Å². The Morgan fingerprint density at radius 2 is 1.71 bits per heavy atom. The minimum absolute atomic E-state index is 0.548. The summed E-state index contributed by atoms with van der Waals surface area (Å²) in [7, 11) is 0. The van der Waals surface area contributed by atoms with Crippen LogP contribution >= 0.6 is 0 Å². The van der Waals surface area contributed by atoms with Crippen molar-refractivity contribution in [2.75, 3.05) is 0 Å². The molecular weight excluding hydrogens is 285 g/mol. The number of pyridine rings is 1. The zero-order chi connectivity index (χ0) is 15.9. The monoisotopic (exact) mass is 298 g/mol. The number of nitrogens with zero attached hydrogens (tertiary/aromatic N) is 1. The number of rotatable bonds is 2. The summed E-state index contributed by atoms with van der Waals surface area (Å²) in [5.41, 5.74) is 8.89. The molecule has 112 valence electrons. The molecule has 0 fully saturated rings. The third-order valence-corrected chi connectivity index (χ3v) is 2.42. The zero-order valence-corrected chi connectivity index (χ0v) is 10.8. The molecule has 0 radical (unpaired) electrons. The van der Waals surface area contributed by atoms with Crippen molar-refractivity contribution in [3.05, 3.63) is 54.2 Å². The van der Waals surface area contributed by atoms with E-state index < -0.39 is 12.1 Å². The third kappa shape index (κ3) is 5.23. The number of nitrogens with two attached hydrogens (primary N) is 1. The molecule has 2 rings (SSSR count). The summed E-state index contributed by atoms with van der Waals surface area (Å²) in [5, 5.41) is 7.12. The van der Waals surface area contributed by atoms with Crippen molar-refractivity contribution in [1.29, 1.82) is 0 Å². The van der Waals surface area contributed by atoms with Crippen molar-refractivity contribution in [2.45, 2.75) is 12.7 Å². The van der Waals surface area contributed by atoms with E-state index in [1.807, 2.05) is 42.5 Å². The highest BCUT2D eigenvalue weighted by molar-refractivity contribution is 5.73. The lowest BCUT2D eigenvalue weighted by molar-refractivity contribution is -0.192. The molecule has 3 N–H and O–H groups in total. The predicted octanol–water partition coefficient (Wildman–Crippen LogP) is 2.84. The Labute approximate surface area is 119 Å². The first-order valence-electron chi connectivity index (χ1n) is 5.85. The maximum atomic E-state index is 10.6. The van der Waals surface area contributed by atoms with Gasteiger partial charge in [0.15, 0.2) is 0 Å². The van der Waals surface area contributed by atoms with Crippen molar-refractivity contribution in [3.8, 4) is 11.3 Å². The van der Waals surface area contributed by atoms with Gasteiger partial charge in [-0.15, -0.1) is 0 Å². The Hall–Kier alpha value is -2.41. The second-order valence-electron chi connectivity index (χ2n) is 3.88. The number of carboxylic acid groups (broad SMARTS) is 1. The number of hydrogen-bond acceptors (Lipinski definition) is 3. The second-order valence-corrected chi connectivity index (χ2v) is 3.88. The van der Waals surface area contributed by atoms with Gasteiger partial charge in [-0.1, -0.05) is 30.3 Å². The van der Waals surface area contributed by atoms with Gasteiger partial charge >= 0.3 is 12.1 Å². The fourth-order valence-corrected chi connectivity index (χ4v) is 1.47. The molecule has 21 heavy (non-hydrogen) atoms. The summed E-state index contributed by atoms with van der Waals surface area (Å²) >= 11 is 0. The van der Waals surface area contributed by atoms with E-state index in [1.54, 1.807) is 6.20 Å². The second kappa shape index (κ2) is 7.39. The van der Waals surface area contributed by atoms with E-state index in [-0.39, 0.29) is 0 Å². The molecule has 0 spiro atoms. The highest BCUT2D eigenvalue weighted by Crippen LogP contribution is 2.20. The van der Waals surface area contributed by atoms with Gasteiger partial charge < -0.3 is 10.8 Å². The van der Waals surface area contributed by atoms with Crippen molar-refractivity contribution in [2.24, 2.45) is 5.73 Å². The molecular formula is C14H13F3N2O2. The Bertz CT molecular complexity index is 586. The van der Waals surface area contributed by atoms with Crippen LogP contribution in [0.1, 0.15) is 5.56 Å². The molecule has 0 atom stereocenters. The Morgan fingerprint density at radius 3 is 2.19 bits per heavy atom. The maximum Gasteiger partial charge on any atom is 0.490 e. The molecule has 0 bridgehead atoms. The lowest BCUT2D eigenvalue weighted by Gasteiger charge is -2.05. The quantitative estimate of drug-likeness (QED) is 0.894. The molecule has 0 aliphatic heterocycles. The summed E-state index contributed by atoms with van der Waals surface area (Å²) in [6, 6.07) is 14.0. The number of carboxylic acids is 1. The van der Waals surface area contributed by atoms with Crippen LogP contribution in [0.15, 0.2) is 48.7 Å². The molecule has 0 unspecified atom stereocenters. The van der Waals surface area contributed by atoms with Crippen LogP contribution in [0.3, 0.4) is 0 Å². The number of hydrogen-bond donors (Lipinski definition) is 2. The summed E-state index contributed by atoms with van der Waals surface area (Å²) in [5.74, 6) is -2.76. The van der Waals surface area contributed by atoms with E-state index in [2.05, 4.69) is 4.98 Å². The lowest BCUT2D eigenvalue weighted by atomic mass is 10.0. The lowest BCUT2D eigenvalue weighted by Crippen LogP contribution is -2.21. The van der Waals surface area contributed by atoms with Crippen LogP contribution in [0.25, 0.3) is 11.3 Å². The number of aliphatic carboxylic acids is 1. The summed E-state index contributed by atoms with van der Waals surface area (Å²) in [6.07, 6.45) is -3.29. The molecule has 0 saturated heterocycles. The van der Waals surface area contributed by atoms with Gasteiger partial charge in [-0.3, -0.25) is 4.98 Å². The maximum absolute atomic E-state index is 10.6. The summed E-state index contributed by atoms with van der Waals surface area (Å²) in [6.45, 7) is 0.548. The first-order valence-corrected chi connectivity index (χ1v) is 5.85. The zero-order valence-electron chi connectivity index (χ0n) is 10.8. The van der Waals surface area contributed by atoms with Crippen LogP contribution in [0, 0.1) is 0 Å². The van der Waals surface area contributed by atoms with Crippen LogP contribution in [0.5, 0.6) is 0 Å². The minimum Gasteiger partial charge on any atom is -0.475 e. The number of benzene rings is 1. The molecule has 0 amide bonds. The minimum atomic E-state index is -5.08. The first-order chi connectivity index (χ1) is 9.86. The molecule has 1 heterocycles. The van der Waals surface area contributed by atoms with E-state index in [4.69, 9.17) is 15.6 Å². The van der Waals surface area contributed by atoms with Crippen LogP contribution in [-0.2, 0) is 11.3 Å². The highest BCUT2D eigenvalue weighted by Gasteiger charge is 2.38. The van der Waals surface area contributed by atoms with Gasteiger partial charge in [-0.25, -0.2) is 4.79 Å². The van der Waals surface area contributed by atoms with Crippen LogP contribution in [0.4, 0.5) is 13.2 Å². The Kier molecular flexibility index (Phi) is 5.86. The number of alkyl halides is 3. The highest BCUT2D eigenvalue weighted by atomic mass is 19.4. The molecule has 0 aliphatic rings. The van der Waals surface area contributed by atoms with Crippen molar-refractivity contribution in [3.63, 3.8) is 0 Å². The molecule has 2 aromatic rings. The van der Waals surface area contributed by atoms with E-state index in [0.29, 0.717) is 6.54 Å². The number of aromatic nitrogens is 1. The SMILES string of the molecule is NCc1ccccc1-c1ccccn1.O=C(O)C(F)(F)F. The molecule has 0 aliphatic carbocycles. The topological polar surface area (TPSA) is 76.2 Å². The molecule has 0 saturated carbocycles. The van der Waals surface area contributed by atoms with Gasteiger partial charge in [0, 0.05) is 18.3 Å². The summed E-state index contributed by atoms with van der Waals surface area (Å²) in [4.78, 5) is 13.2.